The topological polar surface area (TPSA) is 85.5 Å². The average Bonchev–Trinajstić information content (AvgIpc) is 2.36. The smallest absolute Gasteiger partial charge is 0.137 e. The lowest BCUT2D eigenvalue weighted by molar-refractivity contribution is 0.101. The van der Waals surface area contributed by atoms with Gasteiger partial charge in [-0.3, -0.25) is 0 Å². The zero-order chi connectivity index (χ0) is 14.3. The molecule has 3 N–H and O–H groups in total. The Balaban J connectivity index is 2.44. The molecule has 2 unspecified atom stereocenters. The number of hydrogen-bond acceptors (Lipinski definition) is 5. The van der Waals surface area contributed by atoms with E-state index >= 15 is 0 Å². The summed E-state index contributed by atoms with van der Waals surface area (Å²) in [5.74, 6) is 0.483. The number of aliphatic hydroxyl groups is 2. The van der Waals surface area contributed by atoms with Crippen LogP contribution in [0.25, 0.3) is 0 Å². The van der Waals surface area contributed by atoms with E-state index in [0.717, 1.165) is 5.56 Å². The molecule has 0 spiro atoms. The van der Waals surface area contributed by atoms with E-state index in [0.29, 0.717) is 24.4 Å². The molecule has 0 aromatic heterocycles. The van der Waals surface area contributed by atoms with Crippen LogP contribution in [0.4, 0.5) is 0 Å². The van der Waals surface area contributed by atoms with Crippen LogP contribution in [0.3, 0.4) is 0 Å². The molecule has 5 heteroatoms. The molecule has 0 aliphatic carbocycles. The SMILES string of the molecule is Cc1ccc(C#N)c(OCC(O)CNCC(C)O)c1. The van der Waals surface area contributed by atoms with Crippen molar-refractivity contribution in [3.8, 4) is 11.8 Å². The van der Waals surface area contributed by atoms with Crippen LogP contribution in [0.1, 0.15) is 18.1 Å². The van der Waals surface area contributed by atoms with Gasteiger partial charge in [-0.05, 0) is 31.5 Å². The first kappa shape index (κ1) is 15.4. The number of aliphatic hydroxyl groups excluding tert-OH is 2. The minimum atomic E-state index is -0.689. The summed E-state index contributed by atoms with van der Waals surface area (Å²) in [4.78, 5) is 0. The Morgan fingerprint density at radius 2 is 2.11 bits per heavy atom. The van der Waals surface area contributed by atoms with Gasteiger partial charge in [-0.1, -0.05) is 6.07 Å². The summed E-state index contributed by atoms with van der Waals surface area (Å²) in [6, 6.07) is 7.36. The van der Waals surface area contributed by atoms with Crippen molar-refractivity contribution < 1.29 is 14.9 Å². The van der Waals surface area contributed by atoms with E-state index < -0.39 is 12.2 Å². The van der Waals surface area contributed by atoms with Crippen LogP contribution in [0, 0.1) is 18.3 Å². The Hall–Kier alpha value is -1.61. The number of benzene rings is 1. The third-order valence-electron chi connectivity index (χ3n) is 2.51. The van der Waals surface area contributed by atoms with Gasteiger partial charge in [-0.15, -0.1) is 0 Å². The van der Waals surface area contributed by atoms with Crippen LogP contribution in [-0.4, -0.2) is 42.1 Å². The highest BCUT2D eigenvalue weighted by molar-refractivity contribution is 5.44. The zero-order valence-corrected chi connectivity index (χ0v) is 11.3. The maximum absolute atomic E-state index is 9.70. The molecular weight excluding hydrogens is 244 g/mol. The van der Waals surface area contributed by atoms with Crippen molar-refractivity contribution in [1.29, 1.82) is 5.26 Å². The maximum Gasteiger partial charge on any atom is 0.137 e. The summed E-state index contributed by atoms with van der Waals surface area (Å²) < 4.78 is 5.45. The van der Waals surface area contributed by atoms with Crippen LogP contribution in [0.15, 0.2) is 18.2 Å². The third kappa shape index (κ3) is 5.71. The highest BCUT2D eigenvalue weighted by atomic mass is 16.5. The molecule has 0 radical (unpaired) electrons. The van der Waals surface area contributed by atoms with Crippen LogP contribution in [-0.2, 0) is 0 Å². The summed E-state index contributed by atoms with van der Waals surface area (Å²) in [5.41, 5.74) is 1.45. The lowest BCUT2D eigenvalue weighted by Crippen LogP contribution is -2.35. The van der Waals surface area contributed by atoms with Crippen molar-refractivity contribution in [2.24, 2.45) is 0 Å². The first-order valence-corrected chi connectivity index (χ1v) is 6.23. The number of hydrogen-bond donors (Lipinski definition) is 3. The van der Waals surface area contributed by atoms with Crippen molar-refractivity contribution >= 4 is 0 Å². The van der Waals surface area contributed by atoms with Gasteiger partial charge in [0.1, 0.15) is 24.5 Å². The van der Waals surface area contributed by atoms with E-state index in [9.17, 15) is 5.11 Å². The van der Waals surface area contributed by atoms with Gasteiger partial charge >= 0.3 is 0 Å². The Bertz CT molecular complexity index is 441. The molecular formula is C14H20N2O3. The summed E-state index contributed by atoms with van der Waals surface area (Å²) >= 11 is 0. The minimum absolute atomic E-state index is 0.102. The predicted molar refractivity (Wildman–Crippen MR) is 71.9 cm³/mol. The number of nitriles is 1. The molecule has 1 aromatic carbocycles. The minimum Gasteiger partial charge on any atom is -0.489 e. The first-order valence-electron chi connectivity index (χ1n) is 6.23. The summed E-state index contributed by atoms with van der Waals surface area (Å²) in [5, 5.41) is 30.6. The van der Waals surface area contributed by atoms with Crippen molar-refractivity contribution in [3.63, 3.8) is 0 Å². The number of ether oxygens (including phenoxy) is 1. The molecule has 1 rings (SSSR count). The summed E-state index contributed by atoms with van der Waals surface area (Å²) in [6.07, 6.45) is -1.14. The largest absolute Gasteiger partial charge is 0.489 e. The second-order valence-corrected chi connectivity index (χ2v) is 4.58. The molecule has 0 saturated heterocycles. The second kappa shape index (κ2) is 7.74. The molecule has 19 heavy (non-hydrogen) atoms. The molecule has 0 fully saturated rings. The van der Waals surface area contributed by atoms with Gasteiger partial charge in [-0.25, -0.2) is 0 Å². The fourth-order valence-electron chi connectivity index (χ4n) is 1.55. The van der Waals surface area contributed by atoms with Crippen molar-refractivity contribution in [2.75, 3.05) is 19.7 Å². The highest BCUT2D eigenvalue weighted by Crippen LogP contribution is 2.19. The fraction of sp³-hybridized carbons (Fsp3) is 0.500. The summed E-state index contributed by atoms with van der Waals surface area (Å²) in [6.45, 7) is 4.44. The standard InChI is InChI=1S/C14H20N2O3/c1-10-3-4-12(6-15)14(5-10)19-9-13(18)8-16-7-11(2)17/h3-5,11,13,16-18H,7-9H2,1-2H3. The van der Waals surface area contributed by atoms with Crippen molar-refractivity contribution in [3.05, 3.63) is 29.3 Å². The molecule has 0 aliphatic heterocycles. The number of nitrogens with zero attached hydrogens (tertiary/aromatic N) is 1. The van der Waals surface area contributed by atoms with Gasteiger partial charge in [0, 0.05) is 13.1 Å². The van der Waals surface area contributed by atoms with Crippen LogP contribution in [0.5, 0.6) is 5.75 Å². The van der Waals surface area contributed by atoms with E-state index in [1.54, 1.807) is 19.1 Å². The number of nitrogens with one attached hydrogen (secondary N) is 1. The molecule has 2 atom stereocenters. The van der Waals surface area contributed by atoms with Crippen LogP contribution in [0.2, 0.25) is 0 Å². The molecule has 0 heterocycles. The lowest BCUT2D eigenvalue weighted by Gasteiger charge is -2.15. The molecule has 0 aliphatic rings. The average molecular weight is 264 g/mol. The maximum atomic E-state index is 9.70. The van der Waals surface area contributed by atoms with Crippen LogP contribution < -0.4 is 10.1 Å². The first-order chi connectivity index (χ1) is 9.02. The molecule has 0 amide bonds. The van der Waals surface area contributed by atoms with Crippen molar-refractivity contribution in [1.82, 2.24) is 5.32 Å². The van der Waals surface area contributed by atoms with Gasteiger partial charge in [0.2, 0.25) is 0 Å². The van der Waals surface area contributed by atoms with Gasteiger partial charge < -0.3 is 20.3 Å². The Labute approximate surface area is 113 Å². The van der Waals surface area contributed by atoms with E-state index in [-0.39, 0.29) is 6.61 Å². The third-order valence-corrected chi connectivity index (χ3v) is 2.51. The molecule has 1 aromatic rings. The molecule has 5 nitrogen and oxygen atoms in total. The second-order valence-electron chi connectivity index (χ2n) is 4.58. The monoisotopic (exact) mass is 264 g/mol. The Kier molecular flexibility index (Phi) is 6.30. The predicted octanol–water partition coefficient (Wildman–Crippen LogP) is 0.577. The quantitative estimate of drug-likeness (QED) is 0.670. The number of aryl methyl sites for hydroxylation is 1. The molecule has 0 saturated carbocycles. The van der Waals surface area contributed by atoms with E-state index in [1.807, 2.05) is 19.1 Å². The van der Waals surface area contributed by atoms with E-state index in [4.69, 9.17) is 15.1 Å². The van der Waals surface area contributed by atoms with Crippen LogP contribution >= 0.6 is 0 Å². The summed E-state index contributed by atoms with van der Waals surface area (Å²) in [7, 11) is 0. The fourth-order valence-corrected chi connectivity index (χ4v) is 1.55. The Morgan fingerprint density at radius 3 is 2.74 bits per heavy atom. The molecule has 0 bridgehead atoms. The van der Waals surface area contributed by atoms with Gasteiger partial charge in [0.25, 0.3) is 0 Å². The van der Waals surface area contributed by atoms with E-state index in [2.05, 4.69) is 5.32 Å². The Morgan fingerprint density at radius 1 is 1.37 bits per heavy atom. The van der Waals surface area contributed by atoms with Gasteiger partial charge in [0.05, 0.1) is 11.7 Å². The lowest BCUT2D eigenvalue weighted by atomic mass is 10.1. The number of rotatable bonds is 7. The molecule has 104 valence electrons. The highest BCUT2D eigenvalue weighted by Gasteiger charge is 2.08. The van der Waals surface area contributed by atoms with Gasteiger partial charge in [-0.2, -0.15) is 5.26 Å². The normalized spacial score (nSPS) is 13.6. The van der Waals surface area contributed by atoms with Crippen molar-refractivity contribution in [2.45, 2.75) is 26.1 Å². The van der Waals surface area contributed by atoms with E-state index in [1.165, 1.54) is 0 Å². The van der Waals surface area contributed by atoms with Gasteiger partial charge in [0.15, 0.2) is 0 Å². The zero-order valence-electron chi connectivity index (χ0n) is 11.3.